The molecular formula is C13H23N3S. The molecule has 0 amide bonds. The number of hydrogen-bond donors (Lipinski definition) is 1. The van der Waals surface area contributed by atoms with Crippen LogP contribution in [0.25, 0.3) is 0 Å². The molecule has 1 aliphatic heterocycles. The van der Waals surface area contributed by atoms with Gasteiger partial charge in [-0.25, -0.2) is 4.98 Å². The highest BCUT2D eigenvalue weighted by Gasteiger charge is 2.23. The Labute approximate surface area is 108 Å². The van der Waals surface area contributed by atoms with Crippen molar-refractivity contribution in [2.24, 2.45) is 5.92 Å². The van der Waals surface area contributed by atoms with Gasteiger partial charge < -0.3 is 5.32 Å². The molecule has 2 heterocycles. The summed E-state index contributed by atoms with van der Waals surface area (Å²) < 4.78 is 0. The van der Waals surface area contributed by atoms with Gasteiger partial charge in [0, 0.05) is 37.6 Å². The fourth-order valence-electron chi connectivity index (χ4n) is 2.48. The van der Waals surface area contributed by atoms with E-state index in [1.165, 1.54) is 17.1 Å². The lowest BCUT2D eigenvalue weighted by atomic mass is 10.0. The number of rotatable bonds is 4. The van der Waals surface area contributed by atoms with Crippen LogP contribution in [0.15, 0.2) is 5.38 Å². The van der Waals surface area contributed by atoms with Crippen LogP contribution >= 0.6 is 11.3 Å². The average molecular weight is 253 g/mol. The molecule has 96 valence electrons. The average Bonchev–Trinajstić information content (AvgIpc) is 2.66. The monoisotopic (exact) mass is 253 g/mol. The Bertz CT molecular complexity index is 348. The molecule has 0 radical (unpaired) electrons. The van der Waals surface area contributed by atoms with Gasteiger partial charge in [0.1, 0.15) is 0 Å². The Morgan fingerprint density at radius 1 is 1.59 bits per heavy atom. The Morgan fingerprint density at radius 3 is 3.06 bits per heavy atom. The standard InChI is InChI=1S/C13H23N3S/c1-10(2)6-13-7-14-4-5-16(13)8-12-9-17-11(3)15-12/h9-10,13-14H,4-8H2,1-3H3. The summed E-state index contributed by atoms with van der Waals surface area (Å²) in [6, 6.07) is 0.672. The summed E-state index contributed by atoms with van der Waals surface area (Å²) in [6.07, 6.45) is 1.27. The fraction of sp³-hybridized carbons (Fsp3) is 0.769. The van der Waals surface area contributed by atoms with Crippen LogP contribution in [-0.2, 0) is 6.54 Å². The van der Waals surface area contributed by atoms with Crippen molar-refractivity contribution in [1.29, 1.82) is 0 Å². The minimum atomic E-state index is 0.672. The molecular weight excluding hydrogens is 230 g/mol. The Kier molecular flexibility index (Phi) is 4.54. The van der Waals surface area contributed by atoms with E-state index in [0.29, 0.717) is 6.04 Å². The molecule has 1 aromatic heterocycles. The van der Waals surface area contributed by atoms with E-state index in [1.54, 1.807) is 11.3 Å². The second-order valence-electron chi connectivity index (χ2n) is 5.32. The van der Waals surface area contributed by atoms with Crippen molar-refractivity contribution < 1.29 is 0 Å². The van der Waals surface area contributed by atoms with Crippen LogP contribution in [-0.4, -0.2) is 35.6 Å². The summed E-state index contributed by atoms with van der Waals surface area (Å²) in [5.41, 5.74) is 1.24. The van der Waals surface area contributed by atoms with Gasteiger partial charge in [-0.1, -0.05) is 13.8 Å². The fourth-order valence-corrected chi connectivity index (χ4v) is 3.08. The second kappa shape index (κ2) is 5.94. The molecule has 1 N–H and O–H groups in total. The van der Waals surface area contributed by atoms with Gasteiger partial charge in [-0.15, -0.1) is 11.3 Å². The molecule has 0 aliphatic carbocycles. The maximum absolute atomic E-state index is 4.57. The minimum absolute atomic E-state index is 0.672. The van der Waals surface area contributed by atoms with Crippen molar-refractivity contribution >= 4 is 11.3 Å². The van der Waals surface area contributed by atoms with E-state index in [-0.39, 0.29) is 0 Å². The molecule has 1 fully saturated rings. The molecule has 0 spiro atoms. The number of thiazole rings is 1. The molecule has 1 aromatic rings. The molecule has 2 rings (SSSR count). The molecule has 17 heavy (non-hydrogen) atoms. The number of nitrogens with zero attached hydrogens (tertiary/aromatic N) is 2. The summed E-state index contributed by atoms with van der Waals surface area (Å²) in [4.78, 5) is 7.16. The predicted molar refractivity (Wildman–Crippen MR) is 73.4 cm³/mol. The SMILES string of the molecule is Cc1nc(CN2CCNCC2CC(C)C)cs1. The smallest absolute Gasteiger partial charge is 0.0897 e. The van der Waals surface area contributed by atoms with Crippen LogP contribution in [0, 0.1) is 12.8 Å². The van der Waals surface area contributed by atoms with E-state index in [4.69, 9.17) is 0 Å². The molecule has 1 aliphatic rings. The van der Waals surface area contributed by atoms with Crippen molar-refractivity contribution in [3.8, 4) is 0 Å². The van der Waals surface area contributed by atoms with E-state index >= 15 is 0 Å². The summed E-state index contributed by atoms with van der Waals surface area (Å²) in [5.74, 6) is 0.763. The highest BCUT2D eigenvalue weighted by molar-refractivity contribution is 7.09. The first kappa shape index (κ1) is 13.0. The van der Waals surface area contributed by atoms with Gasteiger partial charge in [-0.2, -0.15) is 0 Å². The maximum Gasteiger partial charge on any atom is 0.0897 e. The lowest BCUT2D eigenvalue weighted by molar-refractivity contribution is 0.133. The third kappa shape index (κ3) is 3.76. The van der Waals surface area contributed by atoms with E-state index in [9.17, 15) is 0 Å². The maximum atomic E-state index is 4.57. The Balaban J connectivity index is 1.96. The van der Waals surface area contributed by atoms with Crippen LogP contribution in [0.3, 0.4) is 0 Å². The van der Waals surface area contributed by atoms with Crippen LogP contribution < -0.4 is 5.32 Å². The lowest BCUT2D eigenvalue weighted by Crippen LogP contribution is -2.51. The van der Waals surface area contributed by atoms with Gasteiger partial charge in [0.05, 0.1) is 10.7 Å². The molecule has 0 saturated carbocycles. The summed E-state index contributed by atoms with van der Waals surface area (Å²) in [5, 5.41) is 6.88. The Hall–Kier alpha value is -0.450. The first-order valence-corrected chi connectivity index (χ1v) is 7.39. The normalized spacial score (nSPS) is 22.2. The molecule has 4 heteroatoms. The minimum Gasteiger partial charge on any atom is -0.314 e. The zero-order chi connectivity index (χ0) is 12.3. The number of nitrogens with one attached hydrogen (secondary N) is 1. The molecule has 1 unspecified atom stereocenters. The third-order valence-corrected chi connectivity index (χ3v) is 4.07. The predicted octanol–water partition coefficient (Wildman–Crippen LogP) is 2.27. The van der Waals surface area contributed by atoms with Gasteiger partial charge in [-0.3, -0.25) is 4.90 Å². The topological polar surface area (TPSA) is 28.2 Å². The third-order valence-electron chi connectivity index (χ3n) is 3.25. The van der Waals surface area contributed by atoms with Crippen molar-refractivity contribution in [2.45, 2.75) is 39.8 Å². The van der Waals surface area contributed by atoms with E-state index in [1.807, 2.05) is 0 Å². The highest BCUT2D eigenvalue weighted by Crippen LogP contribution is 2.17. The summed E-state index contributed by atoms with van der Waals surface area (Å²) >= 11 is 1.75. The molecule has 1 atom stereocenters. The number of hydrogen-bond acceptors (Lipinski definition) is 4. The molecule has 1 saturated heterocycles. The quantitative estimate of drug-likeness (QED) is 0.892. The van der Waals surface area contributed by atoms with Crippen molar-refractivity contribution in [3.63, 3.8) is 0 Å². The van der Waals surface area contributed by atoms with Gasteiger partial charge in [0.2, 0.25) is 0 Å². The zero-order valence-corrected chi connectivity index (χ0v) is 11.9. The van der Waals surface area contributed by atoms with Gasteiger partial charge in [0.25, 0.3) is 0 Å². The molecule has 3 nitrogen and oxygen atoms in total. The number of aromatic nitrogens is 1. The second-order valence-corrected chi connectivity index (χ2v) is 6.38. The van der Waals surface area contributed by atoms with Crippen molar-refractivity contribution in [2.75, 3.05) is 19.6 Å². The molecule has 0 bridgehead atoms. The first-order valence-electron chi connectivity index (χ1n) is 6.51. The Morgan fingerprint density at radius 2 is 2.41 bits per heavy atom. The summed E-state index contributed by atoms with van der Waals surface area (Å²) in [6.45, 7) is 11.1. The number of aryl methyl sites for hydroxylation is 1. The van der Waals surface area contributed by atoms with Crippen LogP contribution in [0.4, 0.5) is 0 Å². The lowest BCUT2D eigenvalue weighted by Gasteiger charge is -2.36. The first-order chi connectivity index (χ1) is 8.15. The van der Waals surface area contributed by atoms with E-state index < -0.39 is 0 Å². The van der Waals surface area contributed by atoms with Gasteiger partial charge in [0.15, 0.2) is 0 Å². The van der Waals surface area contributed by atoms with Gasteiger partial charge in [-0.05, 0) is 19.3 Å². The van der Waals surface area contributed by atoms with E-state index in [2.05, 4.69) is 41.4 Å². The molecule has 0 aromatic carbocycles. The zero-order valence-electron chi connectivity index (χ0n) is 11.1. The largest absolute Gasteiger partial charge is 0.314 e. The summed E-state index contributed by atoms with van der Waals surface area (Å²) in [7, 11) is 0. The van der Waals surface area contributed by atoms with Crippen molar-refractivity contribution in [1.82, 2.24) is 15.2 Å². The van der Waals surface area contributed by atoms with Gasteiger partial charge >= 0.3 is 0 Å². The highest BCUT2D eigenvalue weighted by atomic mass is 32.1. The van der Waals surface area contributed by atoms with Crippen LogP contribution in [0.1, 0.15) is 31.0 Å². The van der Waals surface area contributed by atoms with Crippen LogP contribution in [0.5, 0.6) is 0 Å². The van der Waals surface area contributed by atoms with Crippen molar-refractivity contribution in [3.05, 3.63) is 16.1 Å². The van der Waals surface area contributed by atoms with Crippen LogP contribution in [0.2, 0.25) is 0 Å². The van der Waals surface area contributed by atoms with E-state index in [0.717, 1.165) is 32.1 Å². The number of piperazine rings is 1.